The highest BCUT2D eigenvalue weighted by Crippen LogP contribution is 2.28. The van der Waals surface area contributed by atoms with Crippen LogP contribution < -0.4 is 10.9 Å². The second kappa shape index (κ2) is 6.97. The van der Waals surface area contributed by atoms with Crippen molar-refractivity contribution in [1.82, 2.24) is 14.8 Å². The molecule has 1 N–H and O–H groups in total. The number of rotatable bonds is 4. The molecule has 2 aromatic heterocycles. The molecule has 0 aliphatic carbocycles. The van der Waals surface area contributed by atoms with Crippen LogP contribution in [0.5, 0.6) is 0 Å². The van der Waals surface area contributed by atoms with Gasteiger partial charge in [0, 0.05) is 13.2 Å². The molecule has 0 amide bonds. The lowest BCUT2D eigenvalue weighted by Crippen LogP contribution is -2.23. The van der Waals surface area contributed by atoms with E-state index in [0.717, 1.165) is 16.8 Å². The second-order valence-electron chi connectivity index (χ2n) is 5.55. The average Bonchev–Trinajstić information content (AvgIpc) is 2.60. The summed E-state index contributed by atoms with van der Waals surface area (Å²) in [4.78, 5) is 16.6. The van der Waals surface area contributed by atoms with Crippen LogP contribution in [0.25, 0.3) is 0 Å². The van der Waals surface area contributed by atoms with E-state index in [-0.39, 0.29) is 11.6 Å². The Bertz CT molecular complexity index is 908. The Balaban J connectivity index is 2.06. The summed E-state index contributed by atoms with van der Waals surface area (Å²) < 4.78 is 1.74. The van der Waals surface area contributed by atoms with E-state index in [1.165, 1.54) is 4.68 Å². The average molecular weight is 385 g/mol. The number of nitrogens with one attached hydrogen (secondary N) is 1. The van der Waals surface area contributed by atoms with Crippen LogP contribution in [0.1, 0.15) is 22.9 Å². The van der Waals surface area contributed by atoms with Crippen molar-refractivity contribution in [3.8, 4) is 0 Å². The van der Waals surface area contributed by atoms with Gasteiger partial charge in [-0.25, -0.2) is 4.68 Å². The maximum atomic E-state index is 12.1. The number of benzene rings is 1. The summed E-state index contributed by atoms with van der Waals surface area (Å²) in [5, 5.41) is 7.48. The van der Waals surface area contributed by atoms with E-state index >= 15 is 0 Å². The van der Waals surface area contributed by atoms with E-state index in [1.54, 1.807) is 19.4 Å². The van der Waals surface area contributed by atoms with Crippen molar-refractivity contribution >= 4 is 21.6 Å². The van der Waals surface area contributed by atoms with Gasteiger partial charge in [0.2, 0.25) is 0 Å². The largest absolute Gasteiger partial charge is 0.370 e. The van der Waals surface area contributed by atoms with Crippen molar-refractivity contribution < 1.29 is 0 Å². The summed E-state index contributed by atoms with van der Waals surface area (Å²) in [7, 11) is 1.62. The molecule has 1 unspecified atom stereocenters. The van der Waals surface area contributed by atoms with E-state index in [0.29, 0.717) is 10.2 Å². The smallest absolute Gasteiger partial charge is 0.282 e. The summed E-state index contributed by atoms with van der Waals surface area (Å²) in [5.41, 5.74) is 3.55. The number of pyridine rings is 1. The Morgan fingerprint density at radius 3 is 2.75 bits per heavy atom. The van der Waals surface area contributed by atoms with E-state index in [4.69, 9.17) is 0 Å². The highest BCUT2D eigenvalue weighted by atomic mass is 79.9. The zero-order valence-electron chi connectivity index (χ0n) is 13.4. The first-order chi connectivity index (χ1) is 11.6. The van der Waals surface area contributed by atoms with Gasteiger partial charge in [-0.2, -0.15) is 5.10 Å². The van der Waals surface area contributed by atoms with Crippen molar-refractivity contribution in [3.63, 3.8) is 0 Å². The zero-order chi connectivity index (χ0) is 17.1. The lowest BCUT2D eigenvalue weighted by molar-refractivity contribution is 0.701. The van der Waals surface area contributed by atoms with Crippen LogP contribution in [-0.2, 0) is 7.05 Å². The van der Waals surface area contributed by atoms with Gasteiger partial charge in [-0.05, 0) is 40.5 Å². The fourth-order valence-electron chi connectivity index (χ4n) is 2.49. The molecule has 2 heterocycles. The molecule has 3 aromatic rings. The Morgan fingerprint density at radius 2 is 2.04 bits per heavy atom. The number of aromatic nitrogens is 3. The van der Waals surface area contributed by atoms with Gasteiger partial charge >= 0.3 is 0 Å². The van der Waals surface area contributed by atoms with Crippen LogP contribution in [-0.4, -0.2) is 14.8 Å². The third kappa shape index (κ3) is 3.38. The molecule has 6 heteroatoms. The molecule has 3 rings (SSSR count). The maximum Gasteiger partial charge on any atom is 0.282 e. The van der Waals surface area contributed by atoms with Crippen molar-refractivity contribution in [2.24, 2.45) is 7.05 Å². The van der Waals surface area contributed by atoms with Gasteiger partial charge < -0.3 is 5.32 Å². The molecular formula is C18H17BrN4O. The van der Waals surface area contributed by atoms with Crippen LogP contribution in [0, 0.1) is 6.92 Å². The van der Waals surface area contributed by atoms with Crippen LogP contribution >= 0.6 is 15.9 Å². The Kier molecular flexibility index (Phi) is 4.76. The van der Waals surface area contributed by atoms with Gasteiger partial charge in [0.05, 0.1) is 23.6 Å². The summed E-state index contributed by atoms with van der Waals surface area (Å²) in [6.07, 6.45) is 3.40. The van der Waals surface area contributed by atoms with Crippen molar-refractivity contribution in [1.29, 1.82) is 0 Å². The zero-order valence-corrected chi connectivity index (χ0v) is 15.0. The molecule has 24 heavy (non-hydrogen) atoms. The molecule has 0 bridgehead atoms. The second-order valence-corrected chi connectivity index (χ2v) is 6.34. The van der Waals surface area contributed by atoms with E-state index in [1.807, 2.05) is 30.3 Å². The molecule has 0 aliphatic heterocycles. The number of hydrogen-bond acceptors (Lipinski definition) is 4. The lowest BCUT2D eigenvalue weighted by Gasteiger charge is -2.21. The molecule has 5 nitrogen and oxygen atoms in total. The molecular weight excluding hydrogens is 368 g/mol. The van der Waals surface area contributed by atoms with Gasteiger partial charge in [-0.3, -0.25) is 9.78 Å². The minimum absolute atomic E-state index is 0.184. The summed E-state index contributed by atoms with van der Waals surface area (Å²) >= 11 is 3.36. The van der Waals surface area contributed by atoms with Crippen LogP contribution in [0.2, 0.25) is 0 Å². The monoisotopic (exact) mass is 384 g/mol. The van der Waals surface area contributed by atoms with Crippen LogP contribution in [0.4, 0.5) is 5.69 Å². The third-order valence-corrected chi connectivity index (χ3v) is 4.50. The van der Waals surface area contributed by atoms with Crippen LogP contribution in [0.3, 0.4) is 0 Å². The number of aryl methyl sites for hydroxylation is 2. The highest BCUT2D eigenvalue weighted by molar-refractivity contribution is 9.10. The molecule has 1 aromatic carbocycles. The Hall–Kier alpha value is -2.47. The van der Waals surface area contributed by atoms with Gasteiger partial charge in [-0.15, -0.1) is 0 Å². The molecule has 0 saturated carbocycles. The first-order valence-corrected chi connectivity index (χ1v) is 8.31. The Labute approximate surface area is 148 Å². The fourth-order valence-corrected chi connectivity index (χ4v) is 2.96. The van der Waals surface area contributed by atoms with Gasteiger partial charge in [0.1, 0.15) is 4.47 Å². The topological polar surface area (TPSA) is 59.8 Å². The van der Waals surface area contributed by atoms with Crippen molar-refractivity contribution in [3.05, 3.63) is 86.5 Å². The number of hydrogen-bond donors (Lipinski definition) is 1. The number of nitrogens with zero attached hydrogens (tertiary/aromatic N) is 3. The molecule has 0 fully saturated rings. The molecule has 0 aliphatic rings. The normalized spacial score (nSPS) is 12.0. The van der Waals surface area contributed by atoms with E-state index in [9.17, 15) is 4.79 Å². The van der Waals surface area contributed by atoms with Crippen LogP contribution in [0.15, 0.2) is 64.1 Å². The molecule has 0 radical (unpaired) electrons. The summed E-state index contributed by atoms with van der Waals surface area (Å²) in [6.45, 7) is 2.05. The summed E-state index contributed by atoms with van der Waals surface area (Å²) in [6, 6.07) is 13.8. The van der Waals surface area contributed by atoms with E-state index in [2.05, 4.69) is 50.4 Å². The maximum absolute atomic E-state index is 12.1. The first-order valence-electron chi connectivity index (χ1n) is 7.52. The minimum atomic E-state index is -0.191. The van der Waals surface area contributed by atoms with Gasteiger partial charge in [0.25, 0.3) is 5.56 Å². The van der Waals surface area contributed by atoms with Crippen molar-refractivity contribution in [2.75, 3.05) is 5.32 Å². The van der Waals surface area contributed by atoms with Gasteiger partial charge in [-0.1, -0.05) is 35.9 Å². The quantitative estimate of drug-likeness (QED) is 0.748. The number of anilines is 1. The third-order valence-electron chi connectivity index (χ3n) is 3.74. The number of halogens is 1. The van der Waals surface area contributed by atoms with Gasteiger partial charge in [0.15, 0.2) is 0 Å². The molecule has 1 atom stereocenters. The van der Waals surface area contributed by atoms with E-state index < -0.39 is 0 Å². The standard InChI is InChI=1S/C18H17BrN4O/c1-12-6-5-7-13(10-12)17(14-8-3-4-9-20-14)22-15-11-21-23(2)18(24)16(15)19/h3-11,17,22H,1-2H3. The molecule has 0 saturated heterocycles. The predicted octanol–water partition coefficient (Wildman–Crippen LogP) is 3.45. The summed E-state index contributed by atoms with van der Waals surface area (Å²) in [5.74, 6) is 0. The molecule has 122 valence electrons. The minimum Gasteiger partial charge on any atom is -0.370 e. The first kappa shape index (κ1) is 16.4. The lowest BCUT2D eigenvalue weighted by atomic mass is 10.0. The predicted molar refractivity (Wildman–Crippen MR) is 98.1 cm³/mol. The Morgan fingerprint density at radius 1 is 1.21 bits per heavy atom. The molecule has 0 spiro atoms. The van der Waals surface area contributed by atoms with Crippen molar-refractivity contribution in [2.45, 2.75) is 13.0 Å². The highest BCUT2D eigenvalue weighted by Gasteiger charge is 2.18. The fraction of sp³-hybridized carbons (Fsp3) is 0.167. The SMILES string of the molecule is Cc1cccc(C(Nc2cnn(C)c(=O)c2Br)c2ccccn2)c1.